The molecule has 6 heteroatoms. The van der Waals surface area contributed by atoms with E-state index in [9.17, 15) is 9.18 Å². The van der Waals surface area contributed by atoms with Gasteiger partial charge in [0, 0.05) is 0 Å². The standard InChI is InChI=1S/C11H6Cl2FNO2/c1-5-8(11(13)16)10(17-15-5)9-6(12)3-2-4-7(9)14/h2-4H,1H3. The molecule has 0 fully saturated rings. The molecule has 2 rings (SSSR count). The fourth-order valence-corrected chi connectivity index (χ4v) is 1.96. The highest BCUT2D eigenvalue weighted by molar-refractivity contribution is 6.68. The number of rotatable bonds is 2. The van der Waals surface area contributed by atoms with Crippen molar-refractivity contribution in [1.82, 2.24) is 5.16 Å². The monoisotopic (exact) mass is 273 g/mol. The second-order valence-electron chi connectivity index (χ2n) is 3.34. The molecule has 1 aromatic heterocycles. The van der Waals surface area contributed by atoms with Crippen molar-refractivity contribution in [2.45, 2.75) is 6.92 Å². The van der Waals surface area contributed by atoms with E-state index < -0.39 is 11.1 Å². The Morgan fingerprint density at radius 2 is 2.18 bits per heavy atom. The summed E-state index contributed by atoms with van der Waals surface area (Å²) in [5.74, 6) is -0.654. The first kappa shape index (κ1) is 12.1. The first-order chi connectivity index (χ1) is 8.02. The summed E-state index contributed by atoms with van der Waals surface area (Å²) >= 11 is 11.3. The van der Waals surface area contributed by atoms with Gasteiger partial charge in [0.1, 0.15) is 11.4 Å². The minimum atomic E-state index is -0.766. The third-order valence-electron chi connectivity index (χ3n) is 2.25. The largest absolute Gasteiger partial charge is 0.355 e. The van der Waals surface area contributed by atoms with Crippen molar-refractivity contribution in [2.75, 3.05) is 0 Å². The average Bonchev–Trinajstić information content (AvgIpc) is 2.60. The summed E-state index contributed by atoms with van der Waals surface area (Å²) in [6, 6.07) is 4.15. The van der Waals surface area contributed by atoms with E-state index in [-0.39, 0.29) is 21.9 Å². The molecule has 2 aromatic rings. The topological polar surface area (TPSA) is 43.1 Å². The van der Waals surface area contributed by atoms with Crippen LogP contribution in [0, 0.1) is 12.7 Å². The minimum Gasteiger partial charge on any atom is -0.355 e. The van der Waals surface area contributed by atoms with Crippen molar-refractivity contribution in [2.24, 2.45) is 0 Å². The summed E-state index contributed by atoms with van der Waals surface area (Å²) in [7, 11) is 0. The fourth-order valence-electron chi connectivity index (χ4n) is 1.49. The fraction of sp³-hybridized carbons (Fsp3) is 0.0909. The van der Waals surface area contributed by atoms with Crippen molar-refractivity contribution >= 4 is 28.4 Å². The number of carbonyl (C=O) groups is 1. The van der Waals surface area contributed by atoms with Gasteiger partial charge in [0.25, 0.3) is 5.24 Å². The van der Waals surface area contributed by atoms with Gasteiger partial charge in [-0.05, 0) is 30.7 Å². The van der Waals surface area contributed by atoms with Gasteiger partial charge in [-0.3, -0.25) is 4.79 Å². The highest BCUT2D eigenvalue weighted by Gasteiger charge is 2.24. The summed E-state index contributed by atoms with van der Waals surface area (Å²) in [5.41, 5.74) is 0.303. The van der Waals surface area contributed by atoms with Crippen molar-refractivity contribution in [3.8, 4) is 11.3 Å². The number of aryl methyl sites for hydroxylation is 1. The Kier molecular flexibility index (Phi) is 3.17. The van der Waals surface area contributed by atoms with Gasteiger partial charge in [-0.2, -0.15) is 0 Å². The molecule has 0 aliphatic rings. The zero-order chi connectivity index (χ0) is 12.6. The van der Waals surface area contributed by atoms with Crippen LogP contribution in [0.5, 0.6) is 0 Å². The SMILES string of the molecule is Cc1noc(-c2c(F)cccc2Cl)c1C(=O)Cl. The number of hydrogen-bond donors (Lipinski definition) is 0. The Bertz CT molecular complexity index is 575. The third-order valence-corrected chi connectivity index (χ3v) is 2.75. The summed E-state index contributed by atoms with van der Waals surface area (Å²) in [5, 5.41) is 2.95. The molecule has 0 spiro atoms. The number of nitrogens with zero attached hydrogens (tertiary/aromatic N) is 1. The lowest BCUT2D eigenvalue weighted by Gasteiger charge is -2.02. The molecule has 0 aliphatic carbocycles. The van der Waals surface area contributed by atoms with Gasteiger partial charge in [0.15, 0.2) is 5.76 Å². The van der Waals surface area contributed by atoms with Gasteiger partial charge in [0.05, 0.1) is 16.3 Å². The molecule has 88 valence electrons. The van der Waals surface area contributed by atoms with Crippen LogP contribution in [0.1, 0.15) is 16.1 Å². The number of benzene rings is 1. The Balaban J connectivity index is 2.73. The van der Waals surface area contributed by atoms with Gasteiger partial charge in [-0.1, -0.05) is 22.8 Å². The van der Waals surface area contributed by atoms with Crippen molar-refractivity contribution in [3.63, 3.8) is 0 Å². The van der Waals surface area contributed by atoms with E-state index in [0.29, 0.717) is 5.69 Å². The van der Waals surface area contributed by atoms with Crippen LogP contribution >= 0.6 is 23.2 Å². The van der Waals surface area contributed by atoms with Gasteiger partial charge in [-0.15, -0.1) is 0 Å². The van der Waals surface area contributed by atoms with Crippen LogP contribution in [0.15, 0.2) is 22.7 Å². The molecule has 0 unspecified atom stereocenters. The molecule has 0 saturated heterocycles. The molecular weight excluding hydrogens is 268 g/mol. The van der Waals surface area contributed by atoms with Gasteiger partial charge in [0.2, 0.25) is 0 Å². The molecular formula is C11H6Cl2FNO2. The summed E-state index contributed by atoms with van der Waals surface area (Å²) in [6.45, 7) is 1.54. The maximum atomic E-state index is 13.7. The normalized spacial score (nSPS) is 10.6. The van der Waals surface area contributed by atoms with E-state index in [1.807, 2.05) is 0 Å². The maximum absolute atomic E-state index is 13.7. The van der Waals surface area contributed by atoms with Crippen LogP contribution in [0.4, 0.5) is 4.39 Å². The van der Waals surface area contributed by atoms with Crippen LogP contribution in [0.3, 0.4) is 0 Å². The number of hydrogen-bond acceptors (Lipinski definition) is 3. The average molecular weight is 274 g/mol. The molecule has 3 nitrogen and oxygen atoms in total. The summed E-state index contributed by atoms with van der Waals surface area (Å²) in [4.78, 5) is 11.2. The smallest absolute Gasteiger partial charge is 0.258 e. The number of aromatic nitrogens is 1. The number of carbonyl (C=O) groups excluding carboxylic acids is 1. The van der Waals surface area contributed by atoms with Gasteiger partial charge in [-0.25, -0.2) is 4.39 Å². The second-order valence-corrected chi connectivity index (χ2v) is 4.09. The summed E-state index contributed by atoms with van der Waals surface area (Å²) in [6.07, 6.45) is 0. The van der Waals surface area contributed by atoms with Crippen molar-refractivity contribution < 1.29 is 13.7 Å². The first-order valence-electron chi connectivity index (χ1n) is 4.63. The van der Waals surface area contributed by atoms with Crippen LogP contribution in [0.2, 0.25) is 5.02 Å². The number of halogens is 3. The van der Waals surface area contributed by atoms with E-state index in [2.05, 4.69) is 5.16 Å². The Labute approximate surface area is 106 Å². The predicted octanol–water partition coefficient (Wildman–Crippen LogP) is 3.82. The highest BCUT2D eigenvalue weighted by Crippen LogP contribution is 2.34. The van der Waals surface area contributed by atoms with Crippen LogP contribution in [-0.4, -0.2) is 10.4 Å². The first-order valence-corrected chi connectivity index (χ1v) is 5.38. The van der Waals surface area contributed by atoms with E-state index >= 15 is 0 Å². The minimum absolute atomic E-state index is 0.0150. The van der Waals surface area contributed by atoms with Crippen LogP contribution in [0.25, 0.3) is 11.3 Å². The molecule has 0 aliphatic heterocycles. The third kappa shape index (κ3) is 2.06. The quantitative estimate of drug-likeness (QED) is 0.782. The molecule has 0 bridgehead atoms. The van der Waals surface area contributed by atoms with Crippen LogP contribution < -0.4 is 0 Å². The molecule has 0 atom stereocenters. The lowest BCUT2D eigenvalue weighted by atomic mass is 10.1. The molecule has 1 heterocycles. The highest BCUT2D eigenvalue weighted by atomic mass is 35.5. The lowest BCUT2D eigenvalue weighted by molar-refractivity contribution is 0.108. The molecule has 0 N–H and O–H groups in total. The molecule has 17 heavy (non-hydrogen) atoms. The zero-order valence-electron chi connectivity index (χ0n) is 8.63. The second kappa shape index (κ2) is 4.47. The Hall–Kier alpha value is -1.39. The molecule has 1 aromatic carbocycles. The van der Waals surface area contributed by atoms with E-state index in [0.717, 1.165) is 0 Å². The van der Waals surface area contributed by atoms with Gasteiger partial charge < -0.3 is 4.52 Å². The molecule has 0 radical (unpaired) electrons. The van der Waals surface area contributed by atoms with Gasteiger partial charge >= 0.3 is 0 Å². The lowest BCUT2D eigenvalue weighted by Crippen LogP contribution is -1.94. The zero-order valence-corrected chi connectivity index (χ0v) is 10.1. The van der Waals surface area contributed by atoms with E-state index in [1.54, 1.807) is 0 Å². The van der Waals surface area contributed by atoms with E-state index in [4.69, 9.17) is 27.7 Å². The predicted molar refractivity (Wildman–Crippen MR) is 61.8 cm³/mol. The van der Waals surface area contributed by atoms with E-state index in [1.165, 1.54) is 25.1 Å². The van der Waals surface area contributed by atoms with Crippen LogP contribution in [-0.2, 0) is 0 Å². The summed E-state index contributed by atoms with van der Waals surface area (Å²) < 4.78 is 18.6. The van der Waals surface area contributed by atoms with Crippen molar-refractivity contribution in [3.05, 3.63) is 40.3 Å². The maximum Gasteiger partial charge on any atom is 0.258 e. The van der Waals surface area contributed by atoms with Crippen molar-refractivity contribution in [1.29, 1.82) is 0 Å². The Morgan fingerprint density at radius 1 is 1.47 bits per heavy atom. The molecule has 0 saturated carbocycles. The Morgan fingerprint density at radius 3 is 2.76 bits per heavy atom. The molecule has 0 amide bonds.